The number of nitrogens with zero attached hydrogens (tertiary/aromatic N) is 1. The molecular weight excluding hydrogens is 224 g/mol. The van der Waals surface area contributed by atoms with Gasteiger partial charge in [0.25, 0.3) is 0 Å². The molecule has 1 aliphatic rings. The molecule has 1 aliphatic heterocycles. The van der Waals surface area contributed by atoms with E-state index in [0.29, 0.717) is 23.2 Å². The average Bonchev–Trinajstić information content (AvgIpc) is 2.63. The summed E-state index contributed by atoms with van der Waals surface area (Å²) in [5.41, 5.74) is 6.60. The van der Waals surface area contributed by atoms with E-state index in [1.54, 1.807) is 12.1 Å². The van der Waals surface area contributed by atoms with Gasteiger partial charge < -0.3 is 10.8 Å². The maximum Gasteiger partial charge on any atom is 0.120 e. The summed E-state index contributed by atoms with van der Waals surface area (Å²) in [6.45, 7) is 1.68. The molecule has 3 nitrogen and oxygen atoms in total. The van der Waals surface area contributed by atoms with E-state index in [0.717, 1.165) is 18.5 Å². The maximum absolute atomic E-state index is 9.86. The molecule has 0 spiro atoms. The number of likely N-dealkylation sites (tertiary alicyclic amines) is 1. The molecule has 4 heteroatoms. The molecule has 2 atom stereocenters. The highest BCUT2D eigenvalue weighted by Crippen LogP contribution is 2.38. The molecule has 1 heterocycles. The summed E-state index contributed by atoms with van der Waals surface area (Å²) < 4.78 is 0. The molecule has 3 N–H and O–H groups in total. The molecule has 0 aliphatic carbocycles. The lowest BCUT2D eigenvalue weighted by Crippen LogP contribution is -2.20. The fourth-order valence-corrected chi connectivity index (χ4v) is 2.61. The third-order valence-electron chi connectivity index (χ3n) is 3.32. The molecule has 0 amide bonds. The Morgan fingerprint density at radius 3 is 2.94 bits per heavy atom. The van der Waals surface area contributed by atoms with Crippen molar-refractivity contribution in [1.82, 2.24) is 4.90 Å². The Hall–Kier alpha value is -0.770. The lowest BCUT2D eigenvalue weighted by atomic mass is 9.99. The molecule has 0 saturated carbocycles. The van der Waals surface area contributed by atoms with Gasteiger partial charge in [-0.05, 0) is 44.1 Å². The molecule has 2 unspecified atom stereocenters. The van der Waals surface area contributed by atoms with Crippen LogP contribution in [0.2, 0.25) is 5.02 Å². The number of benzene rings is 1. The van der Waals surface area contributed by atoms with Crippen LogP contribution in [-0.4, -0.2) is 30.1 Å². The largest absolute Gasteiger partial charge is 0.508 e. The van der Waals surface area contributed by atoms with Crippen LogP contribution in [0.3, 0.4) is 0 Å². The number of phenols is 1. The quantitative estimate of drug-likeness (QED) is 0.831. The second-order valence-electron chi connectivity index (χ2n) is 4.50. The zero-order chi connectivity index (χ0) is 11.7. The Bertz CT molecular complexity index is 383. The Kier molecular flexibility index (Phi) is 3.38. The average molecular weight is 241 g/mol. The predicted octanol–water partition coefficient (Wildman–Crippen LogP) is 2.00. The summed E-state index contributed by atoms with van der Waals surface area (Å²) in [5.74, 6) is 0.826. The van der Waals surface area contributed by atoms with Gasteiger partial charge >= 0.3 is 0 Å². The minimum Gasteiger partial charge on any atom is -0.508 e. The van der Waals surface area contributed by atoms with Crippen molar-refractivity contribution in [2.45, 2.75) is 12.5 Å². The van der Waals surface area contributed by atoms with Crippen LogP contribution in [0.1, 0.15) is 18.0 Å². The van der Waals surface area contributed by atoms with Gasteiger partial charge in [-0.1, -0.05) is 11.6 Å². The summed E-state index contributed by atoms with van der Waals surface area (Å²) in [7, 11) is 2.06. The molecule has 88 valence electrons. The second kappa shape index (κ2) is 4.62. The summed E-state index contributed by atoms with van der Waals surface area (Å²) in [6, 6.07) is 5.43. The summed E-state index contributed by atoms with van der Waals surface area (Å²) >= 11 is 5.96. The molecule has 16 heavy (non-hydrogen) atoms. The zero-order valence-electron chi connectivity index (χ0n) is 9.36. The van der Waals surface area contributed by atoms with E-state index in [2.05, 4.69) is 11.9 Å². The van der Waals surface area contributed by atoms with Crippen molar-refractivity contribution in [3.63, 3.8) is 0 Å². The Balaban J connectivity index is 2.27. The normalized spacial score (nSPS) is 26.2. The second-order valence-corrected chi connectivity index (χ2v) is 4.93. The number of rotatable bonds is 2. The SMILES string of the molecule is CN1CC(CN)CC1c1cc(Cl)ccc1O. The van der Waals surface area contributed by atoms with Gasteiger partial charge in [0, 0.05) is 23.2 Å². The van der Waals surface area contributed by atoms with Crippen LogP contribution in [-0.2, 0) is 0 Å². The number of hydrogen-bond acceptors (Lipinski definition) is 3. The van der Waals surface area contributed by atoms with Crippen molar-refractivity contribution in [2.24, 2.45) is 11.7 Å². The smallest absolute Gasteiger partial charge is 0.120 e. The Morgan fingerprint density at radius 1 is 1.56 bits per heavy atom. The minimum atomic E-state index is 0.229. The third-order valence-corrected chi connectivity index (χ3v) is 3.55. The van der Waals surface area contributed by atoms with Crippen molar-refractivity contribution < 1.29 is 5.11 Å². The topological polar surface area (TPSA) is 49.5 Å². The van der Waals surface area contributed by atoms with Gasteiger partial charge in [-0.2, -0.15) is 0 Å². The van der Waals surface area contributed by atoms with Gasteiger partial charge in [-0.15, -0.1) is 0 Å². The van der Waals surface area contributed by atoms with Gasteiger partial charge in [0.2, 0.25) is 0 Å². The Morgan fingerprint density at radius 2 is 2.31 bits per heavy atom. The highest BCUT2D eigenvalue weighted by atomic mass is 35.5. The lowest BCUT2D eigenvalue weighted by molar-refractivity contribution is 0.306. The van der Waals surface area contributed by atoms with E-state index in [9.17, 15) is 5.11 Å². The molecule has 1 aromatic carbocycles. The van der Waals surface area contributed by atoms with E-state index in [-0.39, 0.29) is 6.04 Å². The van der Waals surface area contributed by atoms with Crippen molar-refractivity contribution >= 4 is 11.6 Å². The Labute approximate surface area is 101 Å². The van der Waals surface area contributed by atoms with Crippen LogP contribution in [0.15, 0.2) is 18.2 Å². The molecule has 0 bridgehead atoms. The van der Waals surface area contributed by atoms with Crippen molar-refractivity contribution in [1.29, 1.82) is 0 Å². The lowest BCUT2D eigenvalue weighted by Gasteiger charge is -2.20. The summed E-state index contributed by atoms with van der Waals surface area (Å²) in [4.78, 5) is 2.23. The van der Waals surface area contributed by atoms with Gasteiger partial charge in [0.1, 0.15) is 5.75 Å². The maximum atomic E-state index is 9.86. The summed E-state index contributed by atoms with van der Waals surface area (Å²) in [6.07, 6.45) is 0.987. The standard InChI is InChI=1S/C12H17ClN2O/c1-15-7-8(6-14)4-11(15)10-5-9(13)2-3-12(10)16/h2-3,5,8,11,16H,4,6-7,14H2,1H3. The molecule has 2 rings (SSSR count). The van der Waals surface area contributed by atoms with Gasteiger partial charge in [-0.3, -0.25) is 4.90 Å². The first-order valence-electron chi connectivity index (χ1n) is 5.50. The van der Waals surface area contributed by atoms with Crippen molar-refractivity contribution in [2.75, 3.05) is 20.1 Å². The van der Waals surface area contributed by atoms with E-state index in [1.165, 1.54) is 0 Å². The van der Waals surface area contributed by atoms with Crippen molar-refractivity contribution in [3.8, 4) is 5.75 Å². The monoisotopic (exact) mass is 240 g/mol. The van der Waals surface area contributed by atoms with Crippen molar-refractivity contribution in [3.05, 3.63) is 28.8 Å². The highest BCUT2D eigenvalue weighted by Gasteiger charge is 2.31. The number of aromatic hydroxyl groups is 1. The van der Waals surface area contributed by atoms with E-state index < -0.39 is 0 Å². The van der Waals surface area contributed by atoms with E-state index >= 15 is 0 Å². The van der Waals surface area contributed by atoms with Crippen LogP contribution in [0.5, 0.6) is 5.75 Å². The van der Waals surface area contributed by atoms with Crippen LogP contribution in [0.25, 0.3) is 0 Å². The highest BCUT2D eigenvalue weighted by molar-refractivity contribution is 6.30. The van der Waals surface area contributed by atoms with Crippen LogP contribution in [0.4, 0.5) is 0 Å². The molecular formula is C12H17ClN2O. The fraction of sp³-hybridized carbons (Fsp3) is 0.500. The first-order chi connectivity index (χ1) is 7.61. The summed E-state index contributed by atoms with van der Waals surface area (Å²) in [5, 5.41) is 10.5. The third kappa shape index (κ3) is 2.17. The van der Waals surface area contributed by atoms with E-state index in [1.807, 2.05) is 6.07 Å². The number of halogens is 1. The fourth-order valence-electron chi connectivity index (χ4n) is 2.43. The van der Waals surface area contributed by atoms with E-state index in [4.69, 9.17) is 17.3 Å². The molecule has 0 aromatic heterocycles. The van der Waals surface area contributed by atoms with Gasteiger partial charge in [-0.25, -0.2) is 0 Å². The number of nitrogens with two attached hydrogens (primary N) is 1. The minimum absolute atomic E-state index is 0.229. The first-order valence-corrected chi connectivity index (χ1v) is 5.88. The first kappa shape index (κ1) is 11.7. The number of hydrogen-bond donors (Lipinski definition) is 2. The van der Waals surface area contributed by atoms with Crippen LogP contribution in [0, 0.1) is 5.92 Å². The van der Waals surface area contributed by atoms with Crippen LogP contribution < -0.4 is 5.73 Å². The predicted molar refractivity (Wildman–Crippen MR) is 65.6 cm³/mol. The molecule has 0 radical (unpaired) electrons. The van der Waals surface area contributed by atoms with Gasteiger partial charge in [0.15, 0.2) is 0 Å². The number of phenolic OH excluding ortho intramolecular Hbond substituents is 1. The zero-order valence-corrected chi connectivity index (χ0v) is 10.1. The van der Waals surface area contributed by atoms with Crippen LogP contribution >= 0.6 is 11.6 Å². The van der Waals surface area contributed by atoms with Gasteiger partial charge in [0.05, 0.1) is 0 Å². The molecule has 1 saturated heterocycles. The molecule has 1 fully saturated rings. The molecule has 1 aromatic rings.